The highest BCUT2D eigenvalue weighted by atomic mass is 35.5. The SMILES string of the molecule is OCCOCCN1CCN(c2nc(N3CCCC3)c3nc(Cl)c(NCc4ccccc4)nc3n2)CC1. The van der Waals surface area contributed by atoms with Gasteiger partial charge in [0.2, 0.25) is 5.95 Å². The van der Waals surface area contributed by atoms with Crippen LogP contribution in [0.1, 0.15) is 18.4 Å². The van der Waals surface area contributed by atoms with Crippen LogP contribution in [0.3, 0.4) is 0 Å². The van der Waals surface area contributed by atoms with Crippen molar-refractivity contribution in [3.8, 4) is 0 Å². The molecule has 2 aliphatic heterocycles. The van der Waals surface area contributed by atoms with Crippen LogP contribution in [0.25, 0.3) is 11.2 Å². The van der Waals surface area contributed by atoms with Crippen LogP contribution in [0.4, 0.5) is 17.6 Å². The minimum atomic E-state index is 0.0595. The second-order valence-electron chi connectivity index (χ2n) is 9.08. The fraction of sp³-hybridized carbons (Fsp3) is 0.520. The van der Waals surface area contributed by atoms with E-state index in [9.17, 15) is 0 Å². The van der Waals surface area contributed by atoms with E-state index < -0.39 is 0 Å². The third kappa shape index (κ3) is 5.95. The molecule has 11 heteroatoms. The van der Waals surface area contributed by atoms with Crippen LogP contribution in [0.2, 0.25) is 5.15 Å². The Morgan fingerprint density at radius 1 is 0.889 bits per heavy atom. The summed E-state index contributed by atoms with van der Waals surface area (Å²) in [7, 11) is 0. The maximum Gasteiger partial charge on any atom is 0.229 e. The summed E-state index contributed by atoms with van der Waals surface area (Å²) in [5.41, 5.74) is 2.34. The van der Waals surface area contributed by atoms with Gasteiger partial charge in [-0.15, -0.1) is 0 Å². The van der Waals surface area contributed by atoms with Crippen LogP contribution in [0.5, 0.6) is 0 Å². The molecule has 2 fully saturated rings. The van der Waals surface area contributed by atoms with E-state index in [0.717, 1.165) is 70.0 Å². The number of anilines is 3. The maximum absolute atomic E-state index is 8.87. The van der Waals surface area contributed by atoms with Gasteiger partial charge in [0.15, 0.2) is 28.0 Å². The number of aromatic nitrogens is 4. The van der Waals surface area contributed by atoms with Gasteiger partial charge in [-0.25, -0.2) is 9.97 Å². The lowest BCUT2D eigenvalue weighted by Gasteiger charge is -2.35. The number of halogens is 1. The molecule has 0 unspecified atom stereocenters. The maximum atomic E-state index is 8.87. The largest absolute Gasteiger partial charge is 0.394 e. The molecule has 0 radical (unpaired) electrons. The number of nitrogens with zero attached hydrogens (tertiary/aromatic N) is 7. The molecule has 2 saturated heterocycles. The van der Waals surface area contributed by atoms with Crippen molar-refractivity contribution < 1.29 is 9.84 Å². The molecule has 2 aliphatic rings. The van der Waals surface area contributed by atoms with E-state index in [1.807, 2.05) is 18.2 Å². The molecule has 4 heterocycles. The molecule has 2 N–H and O–H groups in total. The topological polar surface area (TPSA) is 103 Å². The molecule has 2 aromatic heterocycles. The van der Waals surface area contributed by atoms with E-state index in [4.69, 9.17) is 41.4 Å². The number of benzene rings is 1. The van der Waals surface area contributed by atoms with Crippen molar-refractivity contribution in [1.82, 2.24) is 24.8 Å². The van der Waals surface area contributed by atoms with E-state index in [2.05, 4.69) is 32.1 Å². The van der Waals surface area contributed by atoms with E-state index in [1.165, 1.54) is 0 Å². The molecule has 0 aliphatic carbocycles. The zero-order chi connectivity index (χ0) is 24.7. The van der Waals surface area contributed by atoms with Gasteiger partial charge in [-0.05, 0) is 18.4 Å². The molecule has 0 saturated carbocycles. The first-order valence-corrected chi connectivity index (χ1v) is 13.0. The lowest BCUT2D eigenvalue weighted by Crippen LogP contribution is -2.48. The fourth-order valence-electron chi connectivity index (χ4n) is 4.62. The molecule has 0 amide bonds. The lowest BCUT2D eigenvalue weighted by molar-refractivity contribution is 0.0724. The molecule has 0 atom stereocenters. The Hall–Kier alpha value is -2.79. The van der Waals surface area contributed by atoms with Crippen molar-refractivity contribution in [3.63, 3.8) is 0 Å². The number of hydrogen-bond acceptors (Lipinski definition) is 10. The number of hydrogen-bond donors (Lipinski definition) is 2. The number of aliphatic hydroxyl groups is 1. The molecular formula is C25H33ClN8O2. The zero-order valence-electron chi connectivity index (χ0n) is 20.4. The molecule has 0 spiro atoms. The summed E-state index contributed by atoms with van der Waals surface area (Å²) in [5.74, 6) is 2.03. The second-order valence-corrected chi connectivity index (χ2v) is 9.44. The van der Waals surface area contributed by atoms with Crippen molar-refractivity contribution >= 4 is 40.3 Å². The Morgan fingerprint density at radius 2 is 1.67 bits per heavy atom. The van der Waals surface area contributed by atoms with Crippen molar-refractivity contribution in [1.29, 1.82) is 0 Å². The summed E-state index contributed by atoms with van der Waals surface area (Å²) in [4.78, 5) is 26.2. The van der Waals surface area contributed by atoms with Gasteiger partial charge in [-0.3, -0.25) is 4.90 Å². The van der Waals surface area contributed by atoms with Crippen LogP contribution in [0, 0.1) is 0 Å². The third-order valence-electron chi connectivity index (χ3n) is 6.61. The average Bonchev–Trinajstić information content (AvgIpc) is 3.45. The standard InChI is InChI=1S/C25H33ClN8O2/c26-21-23(27-18-19-6-2-1-3-7-19)29-22-20(28-21)24(33-8-4-5-9-33)31-25(30-22)34-12-10-32(11-13-34)14-16-36-17-15-35/h1-3,6-7,35H,4-5,8-18H2,(H,27,29,30,31). The number of fused-ring (bicyclic) bond motifs is 1. The Bertz CT molecular complexity index is 1140. The molecule has 36 heavy (non-hydrogen) atoms. The summed E-state index contributed by atoms with van der Waals surface area (Å²) in [6, 6.07) is 10.1. The quantitative estimate of drug-likeness (QED) is 0.394. The highest BCUT2D eigenvalue weighted by Crippen LogP contribution is 2.30. The van der Waals surface area contributed by atoms with Gasteiger partial charge in [0.05, 0.1) is 19.8 Å². The van der Waals surface area contributed by atoms with Crippen molar-refractivity contribution in [2.75, 3.05) is 80.8 Å². The van der Waals surface area contributed by atoms with E-state index in [1.54, 1.807) is 0 Å². The molecule has 3 aromatic rings. The van der Waals surface area contributed by atoms with Crippen molar-refractivity contribution in [2.24, 2.45) is 0 Å². The zero-order valence-corrected chi connectivity index (χ0v) is 21.2. The van der Waals surface area contributed by atoms with Crippen molar-refractivity contribution in [2.45, 2.75) is 19.4 Å². The predicted octanol–water partition coefficient (Wildman–Crippen LogP) is 2.42. The van der Waals surface area contributed by atoms with E-state index in [0.29, 0.717) is 47.8 Å². The molecular weight excluding hydrogens is 480 g/mol. The van der Waals surface area contributed by atoms with Crippen LogP contribution in [0.15, 0.2) is 30.3 Å². The molecule has 0 bridgehead atoms. The Balaban J connectivity index is 1.37. The summed E-state index contributed by atoms with van der Waals surface area (Å²) in [6.07, 6.45) is 2.27. The molecule has 10 nitrogen and oxygen atoms in total. The third-order valence-corrected chi connectivity index (χ3v) is 6.87. The van der Waals surface area contributed by atoms with Gasteiger partial charge >= 0.3 is 0 Å². The summed E-state index contributed by atoms with van der Waals surface area (Å²) >= 11 is 6.56. The predicted molar refractivity (Wildman–Crippen MR) is 142 cm³/mol. The lowest BCUT2D eigenvalue weighted by atomic mass is 10.2. The van der Waals surface area contributed by atoms with E-state index in [-0.39, 0.29) is 6.61 Å². The monoisotopic (exact) mass is 512 g/mol. The minimum absolute atomic E-state index is 0.0595. The first-order chi connectivity index (χ1) is 17.7. The number of piperazine rings is 1. The number of aliphatic hydroxyl groups excluding tert-OH is 1. The first-order valence-electron chi connectivity index (χ1n) is 12.7. The molecule has 1 aromatic carbocycles. The number of rotatable bonds is 10. The van der Waals surface area contributed by atoms with Gasteiger partial charge in [0, 0.05) is 52.4 Å². The van der Waals surface area contributed by atoms with Crippen LogP contribution in [-0.2, 0) is 11.3 Å². The highest BCUT2D eigenvalue weighted by molar-refractivity contribution is 6.32. The second kappa shape index (κ2) is 12.0. The smallest absolute Gasteiger partial charge is 0.229 e. The van der Waals surface area contributed by atoms with Gasteiger partial charge < -0.3 is 25.0 Å². The summed E-state index contributed by atoms with van der Waals surface area (Å²) < 4.78 is 5.42. The van der Waals surface area contributed by atoms with Crippen LogP contribution in [-0.4, -0.2) is 95.6 Å². The average molecular weight is 513 g/mol. The highest BCUT2D eigenvalue weighted by Gasteiger charge is 2.25. The van der Waals surface area contributed by atoms with Gasteiger partial charge in [-0.1, -0.05) is 41.9 Å². The number of ether oxygens (including phenoxy) is 1. The van der Waals surface area contributed by atoms with E-state index >= 15 is 0 Å². The van der Waals surface area contributed by atoms with Gasteiger partial charge in [-0.2, -0.15) is 9.97 Å². The number of nitrogens with one attached hydrogen (secondary N) is 1. The molecule has 5 rings (SSSR count). The van der Waals surface area contributed by atoms with Crippen molar-refractivity contribution in [3.05, 3.63) is 41.0 Å². The summed E-state index contributed by atoms with van der Waals surface area (Å²) in [5, 5.41) is 12.5. The summed E-state index contributed by atoms with van der Waals surface area (Å²) in [6.45, 7) is 7.87. The molecule has 192 valence electrons. The van der Waals surface area contributed by atoms with Gasteiger partial charge in [0.1, 0.15) is 0 Å². The normalized spacial score (nSPS) is 16.7. The fourth-order valence-corrected chi connectivity index (χ4v) is 4.81. The van der Waals surface area contributed by atoms with Crippen LogP contribution < -0.4 is 15.1 Å². The Labute approximate surface area is 216 Å². The van der Waals surface area contributed by atoms with Crippen LogP contribution >= 0.6 is 11.6 Å². The Morgan fingerprint density at radius 3 is 2.42 bits per heavy atom. The first kappa shape index (κ1) is 24.9. The van der Waals surface area contributed by atoms with Gasteiger partial charge in [0.25, 0.3) is 0 Å². The Kier molecular flexibility index (Phi) is 8.27. The minimum Gasteiger partial charge on any atom is -0.394 e.